The molecule has 0 saturated carbocycles. The summed E-state index contributed by atoms with van der Waals surface area (Å²) in [5, 5.41) is 4.43. The summed E-state index contributed by atoms with van der Waals surface area (Å²) in [6.45, 7) is 11.2. The molecule has 2 atom stereocenters. The van der Waals surface area contributed by atoms with Gasteiger partial charge in [-0.2, -0.15) is 5.10 Å². The van der Waals surface area contributed by atoms with Gasteiger partial charge in [0.1, 0.15) is 0 Å². The van der Waals surface area contributed by atoms with Gasteiger partial charge in [0.2, 0.25) is 0 Å². The molecule has 1 aliphatic rings. The summed E-state index contributed by atoms with van der Waals surface area (Å²) in [4.78, 5) is 0. The van der Waals surface area contributed by atoms with Crippen LogP contribution in [0.5, 0.6) is 0 Å². The van der Waals surface area contributed by atoms with E-state index in [1.807, 2.05) is 0 Å². The van der Waals surface area contributed by atoms with Crippen LogP contribution >= 0.6 is 0 Å². The number of allylic oxidation sites excluding steroid dienone is 2. The summed E-state index contributed by atoms with van der Waals surface area (Å²) in [5.74, 6) is 1.29. The molecule has 0 bridgehead atoms. The molecule has 1 aliphatic heterocycles. The number of unbranched alkanes of at least 4 members (excludes halogenated alkanes) is 1. The molecule has 0 unspecified atom stereocenters. The summed E-state index contributed by atoms with van der Waals surface area (Å²) in [7, 11) is 0. The second-order valence-electron chi connectivity index (χ2n) is 4.97. The van der Waals surface area contributed by atoms with E-state index < -0.39 is 0 Å². The number of nitrogens with one attached hydrogen (secondary N) is 1. The first-order valence-corrected chi connectivity index (χ1v) is 6.61. The van der Waals surface area contributed by atoms with E-state index >= 15 is 0 Å². The number of hydrogen-bond acceptors (Lipinski definition) is 2. The number of hydrogen-bond donors (Lipinski definition) is 1. The zero-order chi connectivity index (χ0) is 12.1. The van der Waals surface area contributed by atoms with Crippen LogP contribution in [0.25, 0.3) is 0 Å². The zero-order valence-corrected chi connectivity index (χ0v) is 11.4. The highest BCUT2D eigenvalue weighted by Crippen LogP contribution is 2.32. The molecule has 1 heterocycles. The largest absolute Gasteiger partial charge is 0.283 e. The molecule has 0 aliphatic carbocycles. The van der Waals surface area contributed by atoms with Crippen LogP contribution in [0.2, 0.25) is 0 Å². The number of hydrazone groups is 1. The van der Waals surface area contributed by atoms with Crippen LogP contribution in [-0.4, -0.2) is 5.71 Å². The summed E-state index contributed by atoms with van der Waals surface area (Å²) in [6, 6.07) is 0. The third-order valence-electron chi connectivity index (χ3n) is 3.67. The van der Waals surface area contributed by atoms with Gasteiger partial charge in [-0.1, -0.05) is 33.6 Å². The van der Waals surface area contributed by atoms with Crippen molar-refractivity contribution in [2.75, 3.05) is 0 Å². The van der Waals surface area contributed by atoms with Gasteiger partial charge in [0, 0.05) is 17.3 Å². The Labute approximate surface area is 100 Å². The molecule has 0 aromatic heterocycles. The van der Waals surface area contributed by atoms with Crippen molar-refractivity contribution < 1.29 is 0 Å². The maximum absolute atomic E-state index is 4.43. The molecule has 1 N–H and O–H groups in total. The molecule has 0 fully saturated rings. The number of nitrogens with zero attached hydrogens (tertiary/aromatic N) is 1. The Balaban J connectivity index is 2.80. The van der Waals surface area contributed by atoms with Crippen molar-refractivity contribution in [3.05, 3.63) is 11.3 Å². The quantitative estimate of drug-likeness (QED) is 0.744. The van der Waals surface area contributed by atoms with Gasteiger partial charge in [0.15, 0.2) is 0 Å². The van der Waals surface area contributed by atoms with Gasteiger partial charge in [0.05, 0.1) is 0 Å². The first kappa shape index (κ1) is 13.3. The molecule has 1 rings (SSSR count). The van der Waals surface area contributed by atoms with E-state index in [9.17, 15) is 0 Å². The molecule has 16 heavy (non-hydrogen) atoms. The molecule has 0 spiro atoms. The fourth-order valence-electron chi connectivity index (χ4n) is 2.73. The van der Waals surface area contributed by atoms with Crippen LogP contribution in [0.1, 0.15) is 60.3 Å². The van der Waals surface area contributed by atoms with Crippen LogP contribution in [0.3, 0.4) is 0 Å². The van der Waals surface area contributed by atoms with Gasteiger partial charge in [-0.3, -0.25) is 5.43 Å². The molecular weight excluding hydrogens is 196 g/mol. The summed E-state index contributed by atoms with van der Waals surface area (Å²) >= 11 is 0. The second-order valence-corrected chi connectivity index (χ2v) is 4.97. The molecular formula is C14H26N2. The van der Waals surface area contributed by atoms with Crippen molar-refractivity contribution in [3.63, 3.8) is 0 Å². The van der Waals surface area contributed by atoms with E-state index in [1.54, 1.807) is 5.57 Å². The lowest BCUT2D eigenvalue weighted by molar-refractivity contribution is 0.429. The predicted octanol–water partition coefficient (Wildman–Crippen LogP) is 4.09. The van der Waals surface area contributed by atoms with Gasteiger partial charge in [-0.15, -0.1) is 0 Å². The maximum atomic E-state index is 4.43. The van der Waals surface area contributed by atoms with Crippen LogP contribution in [-0.2, 0) is 0 Å². The lowest BCUT2D eigenvalue weighted by atomic mass is 9.78. The summed E-state index contributed by atoms with van der Waals surface area (Å²) in [6.07, 6.45) is 5.06. The molecule has 2 nitrogen and oxygen atoms in total. The standard InChI is InChI=1S/C14H26N2/c1-6-8-9-10(3)14-12(5)16-15-11(4)13(14)7-2/h10,14-15H,6-9H2,1-5H3/t10-,14+/m1/s1. The Bertz CT molecular complexity index is 289. The van der Waals surface area contributed by atoms with Crippen LogP contribution in [0.15, 0.2) is 16.4 Å². The highest BCUT2D eigenvalue weighted by atomic mass is 15.3. The topological polar surface area (TPSA) is 24.4 Å². The van der Waals surface area contributed by atoms with Gasteiger partial charge in [0.25, 0.3) is 0 Å². The molecule has 92 valence electrons. The second kappa shape index (κ2) is 6.07. The molecule has 0 aromatic carbocycles. The van der Waals surface area contributed by atoms with Gasteiger partial charge >= 0.3 is 0 Å². The van der Waals surface area contributed by atoms with E-state index in [2.05, 4.69) is 45.1 Å². The fourth-order valence-corrected chi connectivity index (χ4v) is 2.73. The fraction of sp³-hybridized carbons (Fsp3) is 0.786. The molecule has 0 radical (unpaired) electrons. The molecule has 0 amide bonds. The van der Waals surface area contributed by atoms with Gasteiger partial charge in [-0.05, 0) is 38.2 Å². The third-order valence-corrected chi connectivity index (χ3v) is 3.67. The van der Waals surface area contributed by atoms with Crippen LogP contribution in [0, 0.1) is 11.8 Å². The molecule has 0 aromatic rings. The average Bonchev–Trinajstić information content (AvgIpc) is 2.28. The minimum Gasteiger partial charge on any atom is -0.283 e. The summed E-state index contributed by atoms with van der Waals surface area (Å²) in [5.41, 5.74) is 7.21. The molecule has 0 saturated heterocycles. The van der Waals surface area contributed by atoms with Crippen LogP contribution < -0.4 is 5.43 Å². The van der Waals surface area contributed by atoms with Crippen molar-refractivity contribution in [2.45, 2.75) is 60.3 Å². The third kappa shape index (κ3) is 2.87. The Hall–Kier alpha value is -0.790. The van der Waals surface area contributed by atoms with Crippen molar-refractivity contribution in [1.29, 1.82) is 0 Å². The lowest BCUT2D eigenvalue weighted by Gasteiger charge is -2.31. The minimum absolute atomic E-state index is 0.567. The minimum atomic E-state index is 0.567. The van der Waals surface area contributed by atoms with Crippen molar-refractivity contribution in [2.24, 2.45) is 16.9 Å². The predicted molar refractivity (Wildman–Crippen MR) is 71.4 cm³/mol. The van der Waals surface area contributed by atoms with Gasteiger partial charge < -0.3 is 0 Å². The van der Waals surface area contributed by atoms with Crippen molar-refractivity contribution in [1.82, 2.24) is 5.43 Å². The number of rotatable bonds is 5. The van der Waals surface area contributed by atoms with Crippen LogP contribution in [0.4, 0.5) is 0 Å². The Kier molecular flexibility index (Phi) is 5.04. The SMILES string of the molecule is CCCC[C@@H](C)[C@H]1C(C)=NNC(C)=C1CC. The average molecular weight is 222 g/mol. The first-order chi connectivity index (χ1) is 7.61. The Morgan fingerprint density at radius 3 is 2.56 bits per heavy atom. The van der Waals surface area contributed by atoms with E-state index in [4.69, 9.17) is 0 Å². The van der Waals surface area contributed by atoms with Gasteiger partial charge in [-0.25, -0.2) is 0 Å². The zero-order valence-electron chi connectivity index (χ0n) is 11.4. The maximum Gasteiger partial charge on any atom is 0.0426 e. The normalized spacial score (nSPS) is 22.8. The highest BCUT2D eigenvalue weighted by Gasteiger charge is 2.27. The first-order valence-electron chi connectivity index (χ1n) is 6.61. The lowest BCUT2D eigenvalue weighted by Crippen LogP contribution is -2.30. The smallest absolute Gasteiger partial charge is 0.0426 e. The Morgan fingerprint density at radius 1 is 1.31 bits per heavy atom. The van der Waals surface area contributed by atoms with E-state index in [1.165, 1.54) is 30.7 Å². The van der Waals surface area contributed by atoms with Crippen molar-refractivity contribution in [3.8, 4) is 0 Å². The van der Waals surface area contributed by atoms with Crippen molar-refractivity contribution >= 4 is 5.71 Å². The Morgan fingerprint density at radius 2 is 2.00 bits per heavy atom. The highest BCUT2D eigenvalue weighted by molar-refractivity contribution is 5.88. The van der Waals surface area contributed by atoms with E-state index in [0.717, 1.165) is 12.3 Å². The van der Waals surface area contributed by atoms with E-state index in [-0.39, 0.29) is 0 Å². The summed E-state index contributed by atoms with van der Waals surface area (Å²) < 4.78 is 0. The van der Waals surface area contributed by atoms with E-state index in [0.29, 0.717) is 5.92 Å². The molecule has 2 heteroatoms. The monoisotopic (exact) mass is 222 g/mol.